The van der Waals surface area contributed by atoms with E-state index in [0.29, 0.717) is 5.41 Å². The maximum atomic E-state index is 6.00. The maximum Gasteiger partial charge on any atom is 0.337 e. The average molecular weight is 460 g/mol. The highest BCUT2D eigenvalue weighted by molar-refractivity contribution is 6.67. The van der Waals surface area contributed by atoms with Crippen LogP contribution in [0.5, 0.6) is 0 Å². The topological polar surface area (TPSA) is 28.2 Å². The predicted octanol–water partition coefficient (Wildman–Crippen LogP) is 5.31. The van der Waals surface area contributed by atoms with Crippen LogP contribution in [0, 0.1) is 5.41 Å². The van der Waals surface area contributed by atoms with Crippen LogP contribution in [0.25, 0.3) is 0 Å². The van der Waals surface area contributed by atoms with Gasteiger partial charge in [0.05, 0.1) is 0 Å². The molecule has 0 fully saturated rings. The Kier molecular flexibility index (Phi) is 17.5. The van der Waals surface area contributed by atoms with E-state index < -0.39 is 8.56 Å². The van der Waals surface area contributed by atoms with Gasteiger partial charge in [-0.2, -0.15) is 0 Å². The van der Waals surface area contributed by atoms with E-state index >= 15 is 0 Å². The standard InChI is InChI=1S/C25H57N3O2Si/c1-10-26(5)21-14-17-25(18-15-22-27(6)11-2,19-16-23-28(7)12-3)20-24-31(13-4,29-8)30-9/h10-24H2,1-9H3. The van der Waals surface area contributed by atoms with Crippen LogP contribution in [0.3, 0.4) is 0 Å². The van der Waals surface area contributed by atoms with E-state index in [9.17, 15) is 0 Å². The van der Waals surface area contributed by atoms with Crippen molar-refractivity contribution in [2.45, 2.75) is 84.7 Å². The third-order valence-electron chi connectivity index (χ3n) is 7.68. The number of hydrogen-bond donors (Lipinski definition) is 0. The largest absolute Gasteiger partial charge is 0.398 e. The SMILES string of the molecule is CCN(C)CCCC(CCCN(C)CC)(CCCN(C)CC)CC[Si](CC)(OC)OC. The summed E-state index contributed by atoms with van der Waals surface area (Å²) in [6.45, 7) is 16.0. The van der Waals surface area contributed by atoms with Crippen LogP contribution < -0.4 is 0 Å². The minimum atomic E-state index is -2.06. The Balaban J connectivity index is 5.43. The van der Waals surface area contributed by atoms with Crippen LogP contribution in [0.2, 0.25) is 12.1 Å². The molecule has 0 N–H and O–H groups in total. The second-order valence-corrected chi connectivity index (χ2v) is 13.5. The van der Waals surface area contributed by atoms with Gasteiger partial charge < -0.3 is 23.6 Å². The quantitative estimate of drug-likeness (QED) is 0.217. The zero-order chi connectivity index (χ0) is 23.8. The van der Waals surface area contributed by atoms with Crippen molar-refractivity contribution >= 4 is 8.56 Å². The summed E-state index contributed by atoms with van der Waals surface area (Å²) in [7, 11) is 8.41. The molecule has 0 spiro atoms. The van der Waals surface area contributed by atoms with Crippen molar-refractivity contribution in [3.63, 3.8) is 0 Å². The van der Waals surface area contributed by atoms with Gasteiger partial charge >= 0.3 is 8.56 Å². The Morgan fingerprint density at radius 3 is 1.23 bits per heavy atom. The lowest BCUT2D eigenvalue weighted by Gasteiger charge is -2.38. The van der Waals surface area contributed by atoms with Crippen molar-refractivity contribution in [3.8, 4) is 0 Å². The molecule has 0 aliphatic heterocycles. The summed E-state index contributed by atoms with van der Waals surface area (Å²) in [5.74, 6) is 0. The van der Waals surface area contributed by atoms with Gasteiger partial charge in [0.1, 0.15) is 0 Å². The molecule has 5 nitrogen and oxygen atoms in total. The molecule has 6 heteroatoms. The molecule has 0 aromatic heterocycles. The summed E-state index contributed by atoms with van der Waals surface area (Å²) in [5.41, 5.74) is 0.405. The lowest BCUT2D eigenvalue weighted by Crippen LogP contribution is -2.41. The Morgan fingerprint density at radius 1 is 0.613 bits per heavy atom. The van der Waals surface area contributed by atoms with Crippen molar-refractivity contribution in [1.82, 2.24) is 14.7 Å². The van der Waals surface area contributed by atoms with E-state index in [0.717, 1.165) is 31.7 Å². The molecular weight excluding hydrogens is 402 g/mol. The fraction of sp³-hybridized carbons (Fsp3) is 1.00. The molecule has 0 aromatic rings. The lowest BCUT2D eigenvalue weighted by atomic mass is 9.73. The van der Waals surface area contributed by atoms with Crippen molar-refractivity contribution in [1.29, 1.82) is 0 Å². The first-order chi connectivity index (χ1) is 14.8. The molecule has 0 unspecified atom stereocenters. The van der Waals surface area contributed by atoms with Crippen LogP contribution in [0.1, 0.15) is 72.6 Å². The van der Waals surface area contributed by atoms with Gasteiger partial charge in [-0.05, 0) is 123 Å². The highest BCUT2D eigenvalue weighted by Crippen LogP contribution is 2.42. The molecule has 0 radical (unpaired) electrons. The molecule has 31 heavy (non-hydrogen) atoms. The fourth-order valence-corrected chi connectivity index (χ4v) is 7.02. The summed E-state index contributed by atoms with van der Waals surface area (Å²) < 4.78 is 12.0. The minimum Gasteiger partial charge on any atom is -0.398 e. The minimum absolute atomic E-state index is 0.405. The van der Waals surface area contributed by atoms with Gasteiger partial charge in [-0.3, -0.25) is 0 Å². The van der Waals surface area contributed by atoms with Gasteiger partial charge in [0.15, 0.2) is 0 Å². The molecule has 0 aromatic carbocycles. The molecule has 0 aliphatic rings. The summed E-state index contributed by atoms with van der Waals surface area (Å²) in [6.07, 6.45) is 9.09. The molecule has 0 bridgehead atoms. The first-order valence-corrected chi connectivity index (χ1v) is 15.1. The summed E-state index contributed by atoms with van der Waals surface area (Å²) >= 11 is 0. The molecule has 0 heterocycles. The summed E-state index contributed by atoms with van der Waals surface area (Å²) in [6, 6.07) is 2.15. The normalized spacial score (nSPS) is 13.2. The van der Waals surface area contributed by atoms with Gasteiger partial charge in [0.25, 0.3) is 0 Å². The molecular formula is C25H57N3O2Si. The van der Waals surface area contributed by atoms with Crippen LogP contribution in [-0.2, 0) is 8.85 Å². The average Bonchev–Trinajstić information content (AvgIpc) is 2.79. The molecule has 0 aliphatic carbocycles. The van der Waals surface area contributed by atoms with Crippen LogP contribution >= 0.6 is 0 Å². The lowest BCUT2D eigenvalue weighted by molar-refractivity contribution is 0.156. The molecule has 188 valence electrons. The van der Waals surface area contributed by atoms with Crippen molar-refractivity contribution < 1.29 is 8.85 Å². The molecule has 0 atom stereocenters. The Hall–Kier alpha value is 0.0169. The Labute approximate surface area is 197 Å². The maximum absolute atomic E-state index is 6.00. The van der Waals surface area contributed by atoms with Gasteiger partial charge in [-0.1, -0.05) is 27.7 Å². The van der Waals surface area contributed by atoms with Gasteiger partial charge in [-0.15, -0.1) is 0 Å². The van der Waals surface area contributed by atoms with Gasteiger partial charge in [0.2, 0.25) is 0 Å². The third kappa shape index (κ3) is 12.7. The Morgan fingerprint density at radius 2 is 0.968 bits per heavy atom. The van der Waals surface area contributed by atoms with E-state index in [1.54, 1.807) is 0 Å². The van der Waals surface area contributed by atoms with Crippen molar-refractivity contribution in [2.75, 3.05) is 74.6 Å². The van der Waals surface area contributed by atoms with Crippen molar-refractivity contribution in [2.24, 2.45) is 5.41 Å². The smallest absolute Gasteiger partial charge is 0.337 e. The van der Waals surface area contributed by atoms with Crippen LogP contribution in [0.4, 0.5) is 0 Å². The van der Waals surface area contributed by atoms with E-state index in [1.807, 2.05) is 14.2 Å². The molecule has 0 saturated carbocycles. The molecule has 0 saturated heterocycles. The van der Waals surface area contributed by atoms with E-state index in [2.05, 4.69) is 63.5 Å². The van der Waals surface area contributed by atoms with E-state index in [1.165, 1.54) is 64.6 Å². The van der Waals surface area contributed by atoms with Crippen LogP contribution in [0.15, 0.2) is 0 Å². The second kappa shape index (κ2) is 17.5. The second-order valence-electron chi connectivity index (χ2n) is 9.67. The van der Waals surface area contributed by atoms with Crippen LogP contribution in [-0.4, -0.2) is 97.9 Å². The first kappa shape index (κ1) is 31.0. The summed E-state index contributed by atoms with van der Waals surface area (Å²) in [4.78, 5) is 7.36. The summed E-state index contributed by atoms with van der Waals surface area (Å²) in [5, 5.41) is 0. The Bertz CT molecular complexity index is 373. The highest BCUT2D eigenvalue weighted by Gasteiger charge is 2.38. The predicted molar refractivity (Wildman–Crippen MR) is 139 cm³/mol. The first-order valence-electron chi connectivity index (χ1n) is 12.9. The fourth-order valence-electron chi connectivity index (χ4n) is 4.60. The van der Waals surface area contributed by atoms with Crippen molar-refractivity contribution in [3.05, 3.63) is 0 Å². The van der Waals surface area contributed by atoms with E-state index in [4.69, 9.17) is 8.85 Å². The number of hydrogen-bond acceptors (Lipinski definition) is 5. The molecule has 0 amide bonds. The number of nitrogens with zero attached hydrogens (tertiary/aromatic N) is 3. The monoisotopic (exact) mass is 459 g/mol. The number of rotatable bonds is 21. The highest BCUT2D eigenvalue weighted by atomic mass is 28.4. The van der Waals surface area contributed by atoms with Gasteiger partial charge in [0, 0.05) is 14.2 Å². The zero-order valence-corrected chi connectivity index (χ0v) is 23.8. The molecule has 0 rings (SSSR count). The van der Waals surface area contributed by atoms with E-state index in [-0.39, 0.29) is 0 Å². The van der Waals surface area contributed by atoms with Gasteiger partial charge in [-0.25, -0.2) is 0 Å². The third-order valence-corrected chi connectivity index (χ3v) is 11.3. The zero-order valence-electron chi connectivity index (χ0n) is 22.8.